The van der Waals surface area contributed by atoms with Crippen LogP contribution in [0.2, 0.25) is 5.02 Å². The molecular formula is C24H18BrClN2O3. The molecule has 0 atom stereocenters. The molecule has 1 N–H and O–H groups in total. The number of hydrazone groups is 1. The van der Waals surface area contributed by atoms with Crippen LogP contribution in [-0.4, -0.2) is 18.7 Å². The van der Waals surface area contributed by atoms with Gasteiger partial charge in [0.05, 0.1) is 6.21 Å². The van der Waals surface area contributed by atoms with Crippen molar-refractivity contribution in [3.63, 3.8) is 0 Å². The monoisotopic (exact) mass is 496 g/mol. The summed E-state index contributed by atoms with van der Waals surface area (Å²) in [6.45, 7) is 0.547. The minimum atomic E-state index is -0.346. The van der Waals surface area contributed by atoms with E-state index in [1.165, 1.54) is 6.21 Å². The number of rotatable bonds is 8. The summed E-state index contributed by atoms with van der Waals surface area (Å²) in [6.07, 6.45) is 6.73. The maximum atomic E-state index is 12.3. The zero-order valence-electron chi connectivity index (χ0n) is 16.3. The first-order chi connectivity index (χ1) is 15.0. The van der Waals surface area contributed by atoms with Crippen molar-refractivity contribution in [2.24, 2.45) is 5.10 Å². The predicted octanol–water partition coefficient (Wildman–Crippen LogP) is 5.46. The summed E-state index contributed by atoms with van der Waals surface area (Å²) < 4.78 is 12.1. The normalized spacial score (nSPS) is 10.5. The smallest absolute Gasteiger partial charge is 0.271 e. The van der Waals surface area contributed by atoms with Gasteiger partial charge in [0.2, 0.25) is 0 Å². The number of nitrogens with zero attached hydrogens (tertiary/aromatic N) is 1. The molecule has 0 radical (unpaired) electrons. The van der Waals surface area contributed by atoms with Crippen LogP contribution < -0.4 is 14.9 Å². The highest BCUT2D eigenvalue weighted by Crippen LogP contribution is 2.22. The highest BCUT2D eigenvalue weighted by atomic mass is 79.9. The van der Waals surface area contributed by atoms with Gasteiger partial charge in [-0.15, -0.1) is 6.42 Å². The highest BCUT2D eigenvalue weighted by molar-refractivity contribution is 9.10. The minimum Gasteiger partial charge on any atom is -0.489 e. The highest BCUT2D eigenvalue weighted by Gasteiger charge is 2.06. The van der Waals surface area contributed by atoms with Crippen LogP contribution in [0.15, 0.2) is 76.3 Å². The van der Waals surface area contributed by atoms with E-state index in [4.69, 9.17) is 27.5 Å². The molecule has 3 aromatic carbocycles. The Bertz CT molecular complexity index is 1110. The van der Waals surface area contributed by atoms with E-state index in [-0.39, 0.29) is 12.5 Å². The number of carbonyl (C=O) groups is 1. The summed E-state index contributed by atoms with van der Waals surface area (Å²) in [5, 5.41) is 4.69. The first-order valence-corrected chi connectivity index (χ1v) is 10.4. The Hall–Kier alpha value is -3.27. The summed E-state index contributed by atoms with van der Waals surface area (Å²) in [6, 6.07) is 19.6. The van der Waals surface area contributed by atoms with Crippen molar-refractivity contribution in [3.8, 4) is 23.8 Å². The number of hydrogen-bond donors (Lipinski definition) is 1. The van der Waals surface area contributed by atoms with Crippen LogP contribution in [0, 0.1) is 12.3 Å². The van der Waals surface area contributed by atoms with Crippen molar-refractivity contribution in [3.05, 3.63) is 92.9 Å². The van der Waals surface area contributed by atoms with Crippen LogP contribution >= 0.6 is 27.5 Å². The fraction of sp³-hybridized carbons (Fsp3) is 0.0833. The SMILES string of the molecule is C#CCOc1ccc(Br)cc1/C=N/NC(=O)c1ccc(OCc2ccc(Cl)cc2)cc1. The van der Waals surface area contributed by atoms with Gasteiger partial charge in [-0.2, -0.15) is 5.10 Å². The number of benzene rings is 3. The molecule has 3 rings (SSSR count). The Labute approximate surface area is 194 Å². The molecule has 0 aliphatic carbocycles. The Morgan fingerprint density at radius 3 is 2.55 bits per heavy atom. The van der Waals surface area contributed by atoms with E-state index in [0.717, 1.165) is 10.0 Å². The summed E-state index contributed by atoms with van der Waals surface area (Å²) in [4.78, 5) is 12.3. The lowest BCUT2D eigenvalue weighted by atomic mass is 10.2. The van der Waals surface area contributed by atoms with E-state index in [0.29, 0.717) is 34.3 Å². The van der Waals surface area contributed by atoms with Crippen molar-refractivity contribution < 1.29 is 14.3 Å². The number of nitrogens with one attached hydrogen (secondary N) is 1. The van der Waals surface area contributed by atoms with Gasteiger partial charge in [0.15, 0.2) is 0 Å². The lowest BCUT2D eigenvalue weighted by molar-refractivity contribution is 0.0955. The van der Waals surface area contributed by atoms with Gasteiger partial charge in [-0.05, 0) is 60.2 Å². The fourth-order valence-corrected chi connectivity index (χ4v) is 3.05. The van der Waals surface area contributed by atoms with Crippen LogP contribution in [-0.2, 0) is 6.61 Å². The molecule has 1 amide bonds. The third-order valence-electron chi connectivity index (χ3n) is 4.09. The quantitative estimate of drug-likeness (QED) is 0.255. The standard InChI is InChI=1S/C24H18BrClN2O3/c1-2-13-30-23-12-7-20(25)14-19(23)15-27-28-24(29)18-5-10-22(11-6-18)31-16-17-3-8-21(26)9-4-17/h1,3-12,14-15H,13,16H2,(H,28,29)/b27-15+. The Morgan fingerprint density at radius 1 is 1.10 bits per heavy atom. The van der Waals surface area contributed by atoms with Crippen molar-refractivity contribution in [2.45, 2.75) is 6.61 Å². The van der Waals surface area contributed by atoms with E-state index >= 15 is 0 Å². The van der Waals surface area contributed by atoms with Gasteiger partial charge in [0, 0.05) is 20.6 Å². The zero-order chi connectivity index (χ0) is 22.1. The largest absolute Gasteiger partial charge is 0.489 e. The number of terminal acetylenes is 1. The molecule has 0 unspecified atom stereocenters. The second kappa shape index (κ2) is 11.2. The number of carbonyl (C=O) groups excluding carboxylic acids is 1. The first-order valence-electron chi connectivity index (χ1n) is 9.21. The van der Waals surface area contributed by atoms with Gasteiger partial charge in [-0.3, -0.25) is 4.79 Å². The predicted molar refractivity (Wildman–Crippen MR) is 126 cm³/mol. The van der Waals surface area contributed by atoms with E-state index in [2.05, 4.69) is 32.4 Å². The van der Waals surface area contributed by atoms with Gasteiger partial charge in [-0.1, -0.05) is 45.6 Å². The molecule has 31 heavy (non-hydrogen) atoms. The molecule has 0 fully saturated rings. The number of hydrogen-bond acceptors (Lipinski definition) is 4. The molecule has 0 saturated carbocycles. The average Bonchev–Trinajstić information content (AvgIpc) is 2.78. The lowest BCUT2D eigenvalue weighted by Gasteiger charge is -2.08. The topological polar surface area (TPSA) is 59.9 Å². The molecule has 5 nitrogen and oxygen atoms in total. The van der Waals surface area contributed by atoms with Gasteiger partial charge >= 0.3 is 0 Å². The molecular weight excluding hydrogens is 480 g/mol. The molecule has 0 bridgehead atoms. The summed E-state index contributed by atoms with van der Waals surface area (Å²) >= 11 is 9.27. The summed E-state index contributed by atoms with van der Waals surface area (Å²) in [5.74, 6) is 3.29. The summed E-state index contributed by atoms with van der Waals surface area (Å²) in [5.41, 5.74) is 4.63. The van der Waals surface area contributed by atoms with Crippen LogP contribution in [0.1, 0.15) is 21.5 Å². The van der Waals surface area contributed by atoms with Crippen LogP contribution in [0.5, 0.6) is 11.5 Å². The minimum absolute atomic E-state index is 0.140. The maximum absolute atomic E-state index is 12.3. The second-order valence-electron chi connectivity index (χ2n) is 6.31. The molecule has 0 aliphatic rings. The molecule has 0 saturated heterocycles. The van der Waals surface area contributed by atoms with Gasteiger partial charge in [0.1, 0.15) is 24.7 Å². The molecule has 3 aromatic rings. The maximum Gasteiger partial charge on any atom is 0.271 e. The van der Waals surface area contributed by atoms with E-state index in [1.54, 1.807) is 30.3 Å². The molecule has 0 aromatic heterocycles. The Kier molecular flexibility index (Phi) is 8.11. The van der Waals surface area contributed by atoms with Crippen molar-refractivity contribution in [2.75, 3.05) is 6.61 Å². The number of ether oxygens (including phenoxy) is 2. The lowest BCUT2D eigenvalue weighted by Crippen LogP contribution is -2.17. The third kappa shape index (κ3) is 6.88. The zero-order valence-corrected chi connectivity index (χ0v) is 18.7. The Morgan fingerprint density at radius 2 is 1.84 bits per heavy atom. The van der Waals surface area contributed by atoms with E-state index < -0.39 is 0 Å². The van der Waals surface area contributed by atoms with Crippen molar-refractivity contribution in [1.82, 2.24) is 5.43 Å². The van der Waals surface area contributed by atoms with Crippen molar-refractivity contribution >= 4 is 39.7 Å². The first kappa shape index (κ1) is 22.4. The van der Waals surface area contributed by atoms with E-state index in [9.17, 15) is 4.79 Å². The molecule has 0 heterocycles. The van der Waals surface area contributed by atoms with Crippen LogP contribution in [0.4, 0.5) is 0 Å². The molecule has 0 aliphatic heterocycles. The Balaban J connectivity index is 1.56. The van der Waals surface area contributed by atoms with Crippen LogP contribution in [0.25, 0.3) is 0 Å². The third-order valence-corrected chi connectivity index (χ3v) is 4.83. The number of halogens is 2. The average molecular weight is 498 g/mol. The van der Waals surface area contributed by atoms with Gasteiger partial charge < -0.3 is 9.47 Å². The van der Waals surface area contributed by atoms with Crippen molar-refractivity contribution in [1.29, 1.82) is 0 Å². The molecule has 156 valence electrons. The van der Waals surface area contributed by atoms with E-state index in [1.807, 2.05) is 36.4 Å². The fourth-order valence-electron chi connectivity index (χ4n) is 2.55. The summed E-state index contributed by atoms with van der Waals surface area (Å²) in [7, 11) is 0. The molecule has 0 spiro atoms. The molecule has 7 heteroatoms. The van der Waals surface area contributed by atoms with Crippen LogP contribution in [0.3, 0.4) is 0 Å². The number of amides is 1. The van der Waals surface area contributed by atoms with Gasteiger partial charge in [0.25, 0.3) is 5.91 Å². The van der Waals surface area contributed by atoms with Gasteiger partial charge in [-0.25, -0.2) is 5.43 Å². The second-order valence-corrected chi connectivity index (χ2v) is 7.67.